The Morgan fingerprint density at radius 1 is 1.45 bits per heavy atom. The normalized spacial score (nSPS) is 19.6. The summed E-state index contributed by atoms with van der Waals surface area (Å²) in [5.41, 5.74) is 2.13. The second kappa shape index (κ2) is 6.83. The van der Waals surface area contributed by atoms with E-state index in [0.717, 1.165) is 30.7 Å². The predicted molar refractivity (Wildman–Crippen MR) is 78.1 cm³/mol. The summed E-state index contributed by atoms with van der Waals surface area (Å²) >= 11 is 1.42. The highest BCUT2D eigenvalue weighted by Crippen LogP contribution is 2.23. The van der Waals surface area contributed by atoms with Crippen LogP contribution in [0.1, 0.15) is 33.8 Å². The second-order valence-electron chi connectivity index (χ2n) is 4.84. The molecule has 0 saturated carbocycles. The van der Waals surface area contributed by atoms with Crippen LogP contribution in [-0.2, 0) is 11.3 Å². The van der Waals surface area contributed by atoms with Crippen LogP contribution in [0.3, 0.4) is 0 Å². The van der Waals surface area contributed by atoms with Crippen molar-refractivity contribution in [3.63, 3.8) is 0 Å². The largest absolute Gasteiger partial charge is 0.358 e. The molecule has 1 aliphatic heterocycles. The third-order valence-corrected chi connectivity index (χ3v) is 4.61. The minimum atomic E-state index is -0.275. The number of piperidine rings is 1. The highest BCUT2D eigenvalue weighted by atomic mass is 32.1. The lowest BCUT2D eigenvalue weighted by atomic mass is 10.0. The van der Waals surface area contributed by atoms with Crippen LogP contribution in [0.25, 0.3) is 0 Å². The van der Waals surface area contributed by atoms with Crippen molar-refractivity contribution in [3.05, 3.63) is 21.9 Å². The van der Waals surface area contributed by atoms with Gasteiger partial charge in [-0.25, -0.2) is 5.84 Å². The van der Waals surface area contributed by atoms with Gasteiger partial charge in [-0.15, -0.1) is 11.3 Å². The number of carbonyl (C=O) groups excluding carboxylic acids is 2. The van der Waals surface area contributed by atoms with E-state index in [9.17, 15) is 9.59 Å². The van der Waals surface area contributed by atoms with Gasteiger partial charge >= 0.3 is 0 Å². The van der Waals surface area contributed by atoms with E-state index < -0.39 is 0 Å². The SMILES string of the molecule is CNC(=O)C1CCCCN1Cc1ccc(C(=O)NN)s1. The number of likely N-dealkylation sites (tertiary alicyclic amines) is 1. The lowest BCUT2D eigenvalue weighted by Crippen LogP contribution is -2.48. The standard InChI is InChI=1S/C13H20N4O2S/c1-15-12(18)10-4-2-3-7-17(10)8-9-5-6-11(20-9)13(19)16-14/h5-6,10H,2-4,7-8,14H2,1H3,(H,15,18)(H,16,19). The number of amides is 2. The number of hydrogen-bond donors (Lipinski definition) is 3. The third-order valence-electron chi connectivity index (χ3n) is 3.54. The van der Waals surface area contributed by atoms with Crippen molar-refractivity contribution in [3.8, 4) is 0 Å². The maximum atomic E-state index is 11.9. The van der Waals surface area contributed by atoms with E-state index in [0.29, 0.717) is 11.4 Å². The molecule has 7 heteroatoms. The van der Waals surface area contributed by atoms with Crippen LogP contribution < -0.4 is 16.6 Å². The highest BCUT2D eigenvalue weighted by molar-refractivity contribution is 7.14. The van der Waals surface area contributed by atoms with Crippen LogP contribution >= 0.6 is 11.3 Å². The number of nitrogens with one attached hydrogen (secondary N) is 2. The van der Waals surface area contributed by atoms with Crippen LogP contribution in [0.2, 0.25) is 0 Å². The van der Waals surface area contributed by atoms with E-state index in [1.807, 2.05) is 6.07 Å². The van der Waals surface area contributed by atoms with Gasteiger partial charge < -0.3 is 5.32 Å². The van der Waals surface area contributed by atoms with Gasteiger partial charge in [-0.1, -0.05) is 6.42 Å². The minimum absolute atomic E-state index is 0.0670. The molecule has 0 radical (unpaired) electrons. The maximum absolute atomic E-state index is 11.9. The predicted octanol–water partition coefficient (Wildman–Crippen LogP) is 0.452. The number of thiophene rings is 1. The van der Waals surface area contributed by atoms with Crippen LogP contribution in [0, 0.1) is 0 Å². The Morgan fingerprint density at radius 2 is 2.25 bits per heavy atom. The molecular formula is C13H20N4O2S. The summed E-state index contributed by atoms with van der Waals surface area (Å²) in [6.07, 6.45) is 3.08. The van der Waals surface area contributed by atoms with E-state index in [-0.39, 0.29) is 17.9 Å². The van der Waals surface area contributed by atoms with Crippen molar-refractivity contribution >= 4 is 23.2 Å². The van der Waals surface area contributed by atoms with E-state index in [4.69, 9.17) is 5.84 Å². The van der Waals surface area contributed by atoms with Crippen molar-refractivity contribution in [2.24, 2.45) is 5.84 Å². The number of nitrogens with zero attached hydrogens (tertiary/aromatic N) is 1. The number of nitrogen functional groups attached to an aromatic ring is 1. The van der Waals surface area contributed by atoms with Crippen molar-refractivity contribution in [2.45, 2.75) is 31.8 Å². The van der Waals surface area contributed by atoms with Crippen LogP contribution in [0.5, 0.6) is 0 Å². The zero-order chi connectivity index (χ0) is 14.5. The molecule has 20 heavy (non-hydrogen) atoms. The fourth-order valence-electron chi connectivity index (χ4n) is 2.50. The fraction of sp³-hybridized carbons (Fsp3) is 0.538. The van der Waals surface area contributed by atoms with Gasteiger partial charge in [-0.05, 0) is 31.5 Å². The van der Waals surface area contributed by atoms with Gasteiger partial charge in [0.1, 0.15) is 0 Å². The van der Waals surface area contributed by atoms with E-state index >= 15 is 0 Å². The van der Waals surface area contributed by atoms with Gasteiger partial charge in [-0.3, -0.25) is 19.9 Å². The molecule has 0 spiro atoms. The number of nitrogens with two attached hydrogens (primary N) is 1. The minimum Gasteiger partial charge on any atom is -0.358 e. The molecule has 1 unspecified atom stereocenters. The van der Waals surface area contributed by atoms with Crippen molar-refractivity contribution in [2.75, 3.05) is 13.6 Å². The van der Waals surface area contributed by atoms with Gasteiger partial charge in [0.2, 0.25) is 5.91 Å². The summed E-state index contributed by atoms with van der Waals surface area (Å²) in [7, 11) is 1.67. The molecule has 1 fully saturated rings. The molecule has 2 rings (SSSR count). The summed E-state index contributed by atoms with van der Waals surface area (Å²) in [6.45, 7) is 1.61. The Morgan fingerprint density at radius 3 is 2.95 bits per heavy atom. The number of hydrogen-bond acceptors (Lipinski definition) is 5. The molecule has 1 atom stereocenters. The Hall–Kier alpha value is -1.44. The quantitative estimate of drug-likeness (QED) is 0.428. The number of hydrazine groups is 1. The Bertz CT molecular complexity index is 488. The Kier molecular flexibility index (Phi) is 5.11. The van der Waals surface area contributed by atoms with Crippen LogP contribution in [0.4, 0.5) is 0 Å². The summed E-state index contributed by atoms with van der Waals surface area (Å²) in [5, 5.41) is 2.73. The van der Waals surface area contributed by atoms with Gasteiger partial charge in [-0.2, -0.15) is 0 Å². The molecule has 4 N–H and O–H groups in total. The molecule has 1 aromatic heterocycles. The maximum Gasteiger partial charge on any atom is 0.275 e. The summed E-state index contributed by atoms with van der Waals surface area (Å²) in [6, 6.07) is 3.62. The molecule has 6 nitrogen and oxygen atoms in total. The average molecular weight is 296 g/mol. The van der Waals surface area contributed by atoms with Gasteiger partial charge in [0.25, 0.3) is 5.91 Å². The number of likely N-dealkylation sites (N-methyl/N-ethyl adjacent to an activating group) is 1. The number of rotatable bonds is 4. The number of carbonyl (C=O) groups is 2. The molecular weight excluding hydrogens is 276 g/mol. The molecule has 2 heterocycles. The van der Waals surface area contributed by atoms with Crippen LogP contribution in [0.15, 0.2) is 12.1 Å². The molecule has 2 amide bonds. The fourth-order valence-corrected chi connectivity index (χ4v) is 3.44. The second-order valence-corrected chi connectivity index (χ2v) is 6.00. The van der Waals surface area contributed by atoms with Gasteiger partial charge in [0, 0.05) is 18.5 Å². The lowest BCUT2D eigenvalue weighted by molar-refractivity contribution is -0.127. The molecule has 1 aliphatic rings. The van der Waals surface area contributed by atoms with Crippen molar-refractivity contribution in [1.82, 2.24) is 15.6 Å². The summed E-state index contributed by atoms with van der Waals surface area (Å²) in [5.74, 6) is 4.92. The summed E-state index contributed by atoms with van der Waals surface area (Å²) < 4.78 is 0. The molecule has 0 aromatic carbocycles. The molecule has 110 valence electrons. The van der Waals surface area contributed by atoms with Gasteiger partial charge in [0.15, 0.2) is 0 Å². The third kappa shape index (κ3) is 3.36. The van der Waals surface area contributed by atoms with Crippen molar-refractivity contribution < 1.29 is 9.59 Å². The summed E-state index contributed by atoms with van der Waals surface area (Å²) in [4.78, 5) is 27.2. The van der Waals surface area contributed by atoms with E-state index in [1.54, 1.807) is 13.1 Å². The first-order valence-electron chi connectivity index (χ1n) is 6.71. The van der Waals surface area contributed by atoms with E-state index in [1.165, 1.54) is 11.3 Å². The average Bonchev–Trinajstić information content (AvgIpc) is 2.94. The Balaban J connectivity index is 2.05. The zero-order valence-electron chi connectivity index (χ0n) is 11.5. The first kappa shape index (κ1) is 15.0. The monoisotopic (exact) mass is 296 g/mol. The zero-order valence-corrected chi connectivity index (χ0v) is 12.3. The molecule has 0 bridgehead atoms. The highest BCUT2D eigenvalue weighted by Gasteiger charge is 2.28. The molecule has 1 saturated heterocycles. The molecule has 1 aromatic rings. The van der Waals surface area contributed by atoms with Crippen molar-refractivity contribution in [1.29, 1.82) is 0 Å². The van der Waals surface area contributed by atoms with Gasteiger partial charge in [0.05, 0.1) is 10.9 Å². The molecule has 0 aliphatic carbocycles. The lowest BCUT2D eigenvalue weighted by Gasteiger charge is -2.33. The first-order valence-corrected chi connectivity index (χ1v) is 7.52. The van der Waals surface area contributed by atoms with E-state index in [2.05, 4.69) is 15.6 Å². The topological polar surface area (TPSA) is 87.5 Å². The first-order chi connectivity index (χ1) is 9.65. The smallest absolute Gasteiger partial charge is 0.275 e. The van der Waals surface area contributed by atoms with Crippen LogP contribution in [-0.4, -0.2) is 36.3 Å². The Labute approximate surface area is 122 Å².